The molecule has 1 aromatic carbocycles. The number of fused-ring (bicyclic) bond motifs is 1. The van der Waals surface area contributed by atoms with E-state index in [9.17, 15) is 4.79 Å². The lowest BCUT2D eigenvalue weighted by molar-refractivity contribution is -0.132. The highest BCUT2D eigenvalue weighted by molar-refractivity contribution is 5.83. The predicted molar refractivity (Wildman–Crippen MR) is 88.2 cm³/mol. The van der Waals surface area contributed by atoms with Crippen molar-refractivity contribution in [1.82, 2.24) is 15.1 Å². The number of morpholine rings is 1. The van der Waals surface area contributed by atoms with Crippen LogP contribution in [0.5, 0.6) is 0 Å². The molecule has 2 atom stereocenters. The molecule has 0 aliphatic carbocycles. The van der Waals surface area contributed by atoms with Gasteiger partial charge in [-0.25, -0.2) is 0 Å². The normalized spacial score (nSPS) is 28.6. The third kappa shape index (κ3) is 3.13. The maximum Gasteiger partial charge on any atom is 0.240 e. The fourth-order valence-corrected chi connectivity index (χ4v) is 4.03. The zero-order chi connectivity index (χ0) is 15.6. The molecule has 0 spiro atoms. The minimum absolute atomic E-state index is 0.0617. The Morgan fingerprint density at radius 2 is 1.91 bits per heavy atom. The Bertz CT molecular complexity index is 571. The number of rotatable bonds is 2. The standard InChI is InChI=1S/C18H25N3O2/c22-18(17-11-14-3-1-2-4-15(14)12-19-17)21-6-5-16(13-21)20-7-9-23-10-8-20/h1-4,16-17,19H,5-13H2. The molecule has 1 N–H and O–H groups in total. The van der Waals surface area contributed by atoms with E-state index in [0.29, 0.717) is 6.04 Å². The lowest BCUT2D eigenvalue weighted by atomic mass is 9.95. The first-order valence-electron chi connectivity index (χ1n) is 8.72. The predicted octanol–water partition coefficient (Wildman–Crippen LogP) is 0.634. The highest BCUT2D eigenvalue weighted by atomic mass is 16.5. The molecule has 5 heteroatoms. The second-order valence-electron chi connectivity index (χ2n) is 6.78. The summed E-state index contributed by atoms with van der Waals surface area (Å²) in [7, 11) is 0. The Hall–Kier alpha value is -1.43. The van der Waals surface area contributed by atoms with Gasteiger partial charge >= 0.3 is 0 Å². The minimum Gasteiger partial charge on any atom is -0.379 e. The average molecular weight is 315 g/mol. The van der Waals surface area contributed by atoms with E-state index in [4.69, 9.17) is 4.74 Å². The first-order valence-corrected chi connectivity index (χ1v) is 8.72. The SMILES string of the molecule is O=C(C1Cc2ccccc2CN1)N1CCC(N2CCOCC2)C1. The summed E-state index contributed by atoms with van der Waals surface area (Å²) in [6.45, 7) is 6.22. The molecule has 0 radical (unpaired) electrons. The van der Waals surface area contributed by atoms with Crippen LogP contribution in [0, 0.1) is 0 Å². The van der Waals surface area contributed by atoms with Gasteiger partial charge in [0.1, 0.15) is 0 Å². The van der Waals surface area contributed by atoms with Gasteiger partial charge in [-0.2, -0.15) is 0 Å². The summed E-state index contributed by atoms with van der Waals surface area (Å²) >= 11 is 0. The molecule has 4 rings (SSSR count). The molecule has 3 heterocycles. The Kier molecular flexibility index (Phi) is 4.33. The van der Waals surface area contributed by atoms with E-state index in [-0.39, 0.29) is 11.9 Å². The third-order valence-electron chi connectivity index (χ3n) is 5.42. The summed E-state index contributed by atoms with van der Waals surface area (Å²) in [6.07, 6.45) is 1.91. The first kappa shape index (κ1) is 15.1. The number of likely N-dealkylation sites (tertiary alicyclic amines) is 1. The van der Waals surface area contributed by atoms with Gasteiger partial charge in [-0.1, -0.05) is 24.3 Å². The zero-order valence-corrected chi connectivity index (χ0v) is 13.5. The Morgan fingerprint density at radius 3 is 2.74 bits per heavy atom. The number of amides is 1. The third-order valence-corrected chi connectivity index (χ3v) is 5.42. The number of hydrogen-bond acceptors (Lipinski definition) is 4. The summed E-state index contributed by atoms with van der Waals surface area (Å²) in [5.74, 6) is 0.273. The molecule has 0 bridgehead atoms. The fourth-order valence-electron chi connectivity index (χ4n) is 4.03. The van der Waals surface area contributed by atoms with E-state index in [1.165, 1.54) is 11.1 Å². The van der Waals surface area contributed by atoms with Gasteiger partial charge in [-0.15, -0.1) is 0 Å². The van der Waals surface area contributed by atoms with Crippen LogP contribution >= 0.6 is 0 Å². The van der Waals surface area contributed by atoms with Crippen molar-refractivity contribution in [2.75, 3.05) is 39.4 Å². The maximum absolute atomic E-state index is 12.9. The van der Waals surface area contributed by atoms with Crippen LogP contribution in [0.1, 0.15) is 17.5 Å². The van der Waals surface area contributed by atoms with Gasteiger partial charge in [0.2, 0.25) is 5.91 Å². The Balaban J connectivity index is 1.37. The van der Waals surface area contributed by atoms with E-state index in [1.807, 2.05) is 0 Å². The van der Waals surface area contributed by atoms with Crippen molar-refractivity contribution in [1.29, 1.82) is 0 Å². The van der Waals surface area contributed by atoms with Crippen LogP contribution in [0.25, 0.3) is 0 Å². The molecule has 1 amide bonds. The van der Waals surface area contributed by atoms with Crippen molar-refractivity contribution in [2.45, 2.75) is 31.5 Å². The van der Waals surface area contributed by atoms with Gasteiger partial charge in [-0.3, -0.25) is 9.69 Å². The smallest absolute Gasteiger partial charge is 0.240 e. The second kappa shape index (κ2) is 6.59. The summed E-state index contributed by atoms with van der Waals surface area (Å²) in [5, 5.41) is 3.42. The number of ether oxygens (including phenoxy) is 1. The van der Waals surface area contributed by atoms with E-state index in [1.54, 1.807) is 0 Å². The molecule has 0 saturated carbocycles. The van der Waals surface area contributed by atoms with Crippen LogP contribution in [0.2, 0.25) is 0 Å². The molecule has 3 aliphatic rings. The average Bonchev–Trinajstić information content (AvgIpc) is 3.11. The van der Waals surface area contributed by atoms with Crippen molar-refractivity contribution in [3.63, 3.8) is 0 Å². The van der Waals surface area contributed by atoms with E-state index < -0.39 is 0 Å². The molecule has 2 saturated heterocycles. The largest absolute Gasteiger partial charge is 0.379 e. The van der Waals surface area contributed by atoms with Crippen LogP contribution in [-0.2, 0) is 22.5 Å². The van der Waals surface area contributed by atoms with Gasteiger partial charge in [0, 0.05) is 38.8 Å². The number of benzene rings is 1. The van der Waals surface area contributed by atoms with E-state index in [0.717, 1.165) is 58.8 Å². The van der Waals surface area contributed by atoms with Crippen LogP contribution in [0.4, 0.5) is 0 Å². The van der Waals surface area contributed by atoms with Crippen LogP contribution in [-0.4, -0.2) is 67.2 Å². The molecule has 5 nitrogen and oxygen atoms in total. The van der Waals surface area contributed by atoms with Gasteiger partial charge in [0.05, 0.1) is 19.3 Å². The van der Waals surface area contributed by atoms with Crippen LogP contribution in [0.15, 0.2) is 24.3 Å². The fraction of sp³-hybridized carbons (Fsp3) is 0.611. The number of nitrogens with zero attached hydrogens (tertiary/aromatic N) is 2. The number of hydrogen-bond donors (Lipinski definition) is 1. The Morgan fingerprint density at radius 1 is 1.13 bits per heavy atom. The minimum atomic E-state index is -0.0617. The highest BCUT2D eigenvalue weighted by Crippen LogP contribution is 2.21. The lowest BCUT2D eigenvalue weighted by Gasteiger charge is -2.33. The van der Waals surface area contributed by atoms with Gasteiger partial charge in [0.15, 0.2) is 0 Å². The highest BCUT2D eigenvalue weighted by Gasteiger charge is 2.35. The first-order chi connectivity index (χ1) is 11.3. The van der Waals surface area contributed by atoms with E-state index in [2.05, 4.69) is 39.4 Å². The molecule has 0 aromatic heterocycles. The molecule has 1 aromatic rings. The number of carbonyl (C=O) groups excluding carboxylic acids is 1. The number of nitrogens with one attached hydrogen (secondary N) is 1. The summed E-state index contributed by atoms with van der Waals surface area (Å²) < 4.78 is 5.43. The van der Waals surface area contributed by atoms with E-state index >= 15 is 0 Å². The second-order valence-corrected chi connectivity index (χ2v) is 6.78. The van der Waals surface area contributed by atoms with Crippen LogP contribution in [0.3, 0.4) is 0 Å². The van der Waals surface area contributed by atoms with Gasteiger partial charge in [-0.05, 0) is 24.0 Å². The molecule has 3 aliphatic heterocycles. The molecule has 2 fully saturated rings. The molecular weight excluding hydrogens is 290 g/mol. The Labute approximate surface area is 137 Å². The van der Waals surface area contributed by atoms with Crippen molar-refractivity contribution < 1.29 is 9.53 Å². The lowest BCUT2D eigenvalue weighted by Crippen LogP contribution is -2.50. The zero-order valence-electron chi connectivity index (χ0n) is 13.5. The number of carbonyl (C=O) groups is 1. The van der Waals surface area contributed by atoms with Crippen molar-refractivity contribution in [3.05, 3.63) is 35.4 Å². The molecule has 124 valence electrons. The van der Waals surface area contributed by atoms with Crippen molar-refractivity contribution in [3.8, 4) is 0 Å². The molecule has 23 heavy (non-hydrogen) atoms. The molecule has 2 unspecified atom stereocenters. The maximum atomic E-state index is 12.9. The topological polar surface area (TPSA) is 44.8 Å². The van der Waals surface area contributed by atoms with Crippen LogP contribution < -0.4 is 5.32 Å². The molecular formula is C18H25N3O2. The van der Waals surface area contributed by atoms with Gasteiger partial charge in [0.25, 0.3) is 0 Å². The van der Waals surface area contributed by atoms with Crippen molar-refractivity contribution >= 4 is 5.91 Å². The monoisotopic (exact) mass is 315 g/mol. The quantitative estimate of drug-likeness (QED) is 0.870. The summed E-state index contributed by atoms with van der Waals surface area (Å²) in [6, 6.07) is 8.88. The van der Waals surface area contributed by atoms with Gasteiger partial charge < -0.3 is 15.0 Å². The van der Waals surface area contributed by atoms with Crippen molar-refractivity contribution in [2.24, 2.45) is 0 Å². The summed E-state index contributed by atoms with van der Waals surface area (Å²) in [4.78, 5) is 17.4. The summed E-state index contributed by atoms with van der Waals surface area (Å²) in [5.41, 5.74) is 2.64.